The van der Waals surface area contributed by atoms with E-state index in [4.69, 9.17) is 10.5 Å². The summed E-state index contributed by atoms with van der Waals surface area (Å²) in [5.74, 6) is -0.904. The number of ether oxygens (including phenoxy) is 1. The van der Waals surface area contributed by atoms with Crippen molar-refractivity contribution in [2.75, 3.05) is 12.8 Å². The highest BCUT2D eigenvalue weighted by Crippen LogP contribution is 2.21. The SMILES string of the molecule is COc1ccc(C(=O)NC2CC(=O)NC2=O)cc1N. The van der Waals surface area contributed by atoms with Gasteiger partial charge in [0.2, 0.25) is 11.8 Å². The third-order valence-corrected chi connectivity index (χ3v) is 2.77. The highest BCUT2D eigenvalue weighted by molar-refractivity contribution is 6.08. The van der Waals surface area contributed by atoms with E-state index in [1.54, 1.807) is 6.07 Å². The normalized spacial score (nSPS) is 18.1. The quantitative estimate of drug-likeness (QED) is 0.499. The average Bonchev–Trinajstić information content (AvgIpc) is 2.67. The summed E-state index contributed by atoms with van der Waals surface area (Å²) >= 11 is 0. The maximum atomic E-state index is 11.9. The Hall–Kier alpha value is -2.57. The van der Waals surface area contributed by atoms with Crippen LogP contribution in [0.4, 0.5) is 5.69 Å². The lowest BCUT2D eigenvalue weighted by atomic mass is 10.1. The Labute approximate surface area is 109 Å². The number of carbonyl (C=O) groups is 3. The van der Waals surface area contributed by atoms with Crippen LogP contribution in [-0.2, 0) is 9.59 Å². The summed E-state index contributed by atoms with van der Waals surface area (Å²) in [4.78, 5) is 34.2. The summed E-state index contributed by atoms with van der Waals surface area (Å²) in [6.07, 6.45) is -0.0454. The third-order valence-electron chi connectivity index (χ3n) is 2.77. The summed E-state index contributed by atoms with van der Waals surface area (Å²) in [5, 5.41) is 4.59. The summed E-state index contributed by atoms with van der Waals surface area (Å²) < 4.78 is 4.98. The molecule has 1 atom stereocenters. The summed E-state index contributed by atoms with van der Waals surface area (Å²) in [5.41, 5.74) is 6.31. The predicted molar refractivity (Wildman–Crippen MR) is 66.4 cm³/mol. The van der Waals surface area contributed by atoms with Crippen molar-refractivity contribution in [3.63, 3.8) is 0 Å². The lowest BCUT2D eigenvalue weighted by Crippen LogP contribution is -2.40. The Morgan fingerprint density at radius 3 is 2.74 bits per heavy atom. The van der Waals surface area contributed by atoms with E-state index in [2.05, 4.69) is 10.6 Å². The van der Waals surface area contributed by atoms with E-state index >= 15 is 0 Å². The summed E-state index contributed by atoms with van der Waals surface area (Å²) in [7, 11) is 1.47. The van der Waals surface area contributed by atoms with Gasteiger partial charge >= 0.3 is 0 Å². The topological polar surface area (TPSA) is 111 Å². The molecule has 1 aliphatic rings. The molecule has 0 saturated carbocycles. The van der Waals surface area contributed by atoms with Gasteiger partial charge in [-0.15, -0.1) is 0 Å². The number of hydrogen-bond donors (Lipinski definition) is 3. The Bertz CT molecular complexity index is 556. The Kier molecular flexibility index (Phi) is 3.37. The Balaban J connectivity index is 2.10. The van der Waals surface area contributed by atoms with Gasteiger partial charge in [0.25, 0.3) is 5.91 Å². The lowest BCUT2D eigenvalue weighted by molar-refractivity contribution is -0.125. The van der Waals surface area contributed by atoms with Crippen LogP contribution in [0.1, 0.15) is 16.8 Å². The molecule has 100 valence electrons. The maximum Gasteiger partial charge on any atom is 0.252 e. The van der Waals surface area contributed by atoms with Gasteiger partial charge in [-0.25, -0.2) is 0 Å². The average molecular weight is 263 g/mol. The van der Waals surface area contributed by atoms with Crippen molar-refractivity contribution in [2.24, 2.45) is 0 Å². The van der Waals surface area contributed by atoms with E-state index in [0.29, 0.717) is 17.0 Å². The highest BCUT2D eigenvalue weighted by atomic mass is 16.5. The van der Waals surface area contributed by atoms with Crippen LogP contribution < -0.4 is 21.1 Å². The van der Waals surface area contributed by atoms with Gasteiger partial charge in [-0.05, 0) is 18.2 Å². The molecule has 1 aromatic rings. The molecule has 0 bridgehead atoms. The molecule has 1 aromatic carbocycles. The zero-order valence-corrected chi connectivity index (χ0v) is 10.2. The first-order valence-corrected chi connectivity index (χ1v) is 5.59. The first-order chi connectivity index (χ1) is 9.01. The second kappa shape index (κ2) is 4.97. The fourth-order valence-corrected chi connectivity index (χ4v) is 1.79. The van der Waals surface area contributed by atoms with Crippen LogP contribution in [0.5, 0.6) is 5.75 Å². The van der Waals surface area contributed by atoms with Gasteiger partial charge < -0.3 is 15.8 Å². The number of nitrogens with one attached hydrogen (secondary N) is 2. The van der Waals surface area contributed by atoms with Crippen molar-refractivity contribution < 1.29 is 19.1 Å². The van der Waals surface area contributed by atoms with Gasteiger partial charge in [0.15, 0.2) is 0 Å². The number of anilines is 1. The van der Waals surface area contributed by atoms with Crippen molar-refractivity contribution in [3.05, 3.63) is 23.8 Å². The Morgan fingerprint density at radius 1 is 1.47 bits per heavy atom. The first kappa shape index (κ1) is 12.9. The number of carbonyl (C=O) groups excluding carboxylic acids is 3. The largest absolute Gasteiger partial charge is 0.495 e. The molecule has 7 nitrogen and oxygen atoms in total. The first-order valence-electron chi connectivity index (χ1n) is 5.59. The molecule has 0 aromatic heterocycles. The van der Waals surface area contributed by atoms with E-state index < -0.39 is 23.8 Å². The van der Waals surface area contributed by atoms with Crippen LogP contribution in [0, 0.1) is 0 Å². The standard InChI is InChI=1S/C12H13N3O4/c1-19-9-3-2-6(4-7(9)13)11(17)14-8-5-10(16)15-12(8)18/h2-4,8H,5,13H2,1H3,(H,14,17)(H,15,16,18). The molecule has 1 heterocycles. The number of nitrogens with two attached hydrogens (primary N) is 1. The van der Waals surface area contributed by atoms with Crippen molar-refractivity contribution >= 4 is 23.4 Å². The minimum atomic E-state index is -0.830. The molecule has 19 heavy (non-hydrogen) atoms. The van der Waals surface area contributed by atoms with E-state index in [-0.39, 0.29) is 6.42 Å². The van der Waals surface area contributed by atoms with E-state index in [1.165, 1.54) is 19.2 Å². The number of methoxy groups -OCH3 is 1. The smallest absolute Gasteiger partial charge is 0.252 e. The minimum Gasteiger partial charge on any atom is -0.495 e. The number of hydrogen-bond acceptors (Lipinski definition) is 5. The number of benzene rings is 1. The molecule has 7 heteroatoms. The number of amides is 3. The second-order valence-corrected chi connectivity index (χ2v) is 4.10. The summed E-state index contributed by atoms with van der Waals surface area (Å²) in [6.45, 7) is 0. The van der Waals surface area contributed by atoms with Crippen LogP contribution in [0.3, 0.4) is 0 Å². The number of rotatable bonds is 3. The lowest BCUT2D eigenvalue weighted by Gasteiger charge is -2.10. The molecule has 1 aliphatic heterocycles. The maximum absolute atomic E-state index is 11.9. The van der Waals surface area contributed by atoms with Crippen molar-refractivity contribution in [1.82, 2.24) is 10.6 Å². The van der Waals surface area contributed by atoms with Crippen LogP contribution in [0.25, 0.3) is 0 Å². The third kappa shape index (κ3) is 2.65. The van der Waals surface area contributed by atoms with Crippen molar-refractivity contribution in [1.29, 1.82) is 0 Å². The fraction of sp³-hybridized carbons (Fsp3) is 0.250. The molecule has 1 unspecified atom stereocenters. The van der Waals surface area contributed by atoms with Gasteiger partial charge in [0, 0.05) is 5.56 Å². The molecule has 2 rings (SSSR count). The van der Waals surface area contributed by atoms with Crippen molar-refractivity contribution in [2.45, 2.75) is 12.5 Å². The highest BCUT2D eigenvalue weighted by Gasteiger charge is 2.31. The predicted octanol–water partition coefficient (Wildman–Crippen LogP) is -0.578. The molecule has 4 N–H and O–H groups in total. The van der Waals surface area contributed by atoms with Gasteiger partial charge in [-0.2, -0.15) is 0 Å². The van der Waals surface area contributed by atoms with Gasteiger partial charge in [0.1, 0.15) is 11.8 Å². The van der Waals surface area contributed by atoms with Crippen LogP contribution in [-0.4, -0.2) is 30.9 Å². The van der Waals surface area contributed by atoms with Gasteiger partial charge in [-0.1, -0.05) is 0 Å². The molecular weight excluding hydrogens is 250 g/mol. The van der Waals surface area contributed by atoms with E-state index in [9.17, 15) is 14.4 Å². The number of imide groups is 1. The van der Waals surface area contributed by atoms with E-state index in [0.717, 1.165) is 0 Å². The van der Waals surface area contributed by atoms with Crippen LogP contribution in [0.15, 0.2) is 18.2 Å². The Morgan fingerprint density at radius 2 is 2.21 bits per heavy atom. The molecule has 1 fully saturated rings. The molecule has 0 radical (unpaired) electrons. The summed E-state index contributed by atoms with van der Waals surface area (Å²) in [6, 6.07) is 3.70. The number of nitrogen functional groups attached to an aromatic ring is 1. The van der Waals surface area contributed by atoms with Gasteiger partial charge in [0.05, 0.1) is 19.2 Å². The molecule has 1 saturated heterocycles. The van der Waals surface area contributed by atoms with Gasteiger partial charge in [-0.3, -0.25) is 19.7 Å². The fourth-order valence-electron chi connectivity index (χ4n) is 1.79. The monoisotopic (exact) mass is 263 g/mol. The van der Waals surface area contributed by atoms with E-state index in [1.807, 2.05) is 0 Å². The molecule has 3 amide bonds. The molecular formula is C12H13N3O4. The second-order valence-electron chi connectivity index (χ2n) is 4.10. The van der Waals surface area contributed by atoms with Crippen molar-refractivity contribution in [3.8, 4) is 5.75 Å². The molecule has 0 aliphatic carbocycles. The van der Waals surface area contributed by atoms with Crippen LogP contribution >= 0.6 is 0 Å². The molecule has 0 spiro atoms. The zero-order valence-electron chi connectivity index (χ0n) is 10.2. The zero-order chi connectivity index (χ0) is 14.0. The minimum absolute atomic E-state index is 0.0454. The van der Waals surface area contributed by atoms with Crippen LogP contribution in [0.2, 0.25) is 0 Å².